The van der Waals surface area contributed by atoms with Crippen molar-refractivity contribution >= 4 is 22.2 Å². The van der Waals surface area contributed by atoms with Crippen LogP contribution in [0, 0.1) is 0 Å². The maximum atomic E-state index is 11.1. The van der Waals surface area contributed by atoms with Gasteiger partial charge in [0.05, 0.1) is 19.8 Å². The number of ether oxygens (including phenoxy) is 2. The molecule has 1 aromatic rings. The minimum Gasteiger partial charge on any atom is -0.492 e. The van der Waals surface area contributed by atoms with Crippen molar-refractivity contribution in [3.63, 3.8) is 0 Å². The van der Waals surface area contributed by atoms with E-state index in [9.17, 15) is 4.79 Å². The quantitative estimate of drug-likeness (QED) is 0.864. The normalized spacial score (nSPS) is 22.3. The van der Waals surface area contributed by atoms with Gasteiger partial charge in [-0.25, -0.2) is 0 Å². The summed E-state index contributed by atoms with van der Waals surface area (Å²) < 4.78 is 11.7. The average Bonchev–Trinajstić information content (AvgIpc) is 2.84. The maximum absolute atomic E-state index is 11.1. The lowest BCUT2D eigenvalue weighted by molar-refractivity contribution is 0.111. The summed E-state index contributed by atoms with van der Waals surface area (Å²) in [7, 11) is 3.15. The van der Waals surface area contributed by atoms with Crippen LogP contribution in [0.25, 0.3) is 0 Å². The van der Waals surface area contributed by atoms with E-state index in [1.807, 2.05) is 0 Å². The van der Waals surface area contributed by atoms with Gasteiger partial charge in [-0.3, -0.25) is 4.79 Å². The molecule has 0 bridgehead atoms. The molecule has 1 aromatic carbocycles. The van der Waals surface area contributed by atoms with Crippen LogP contribution in [0.4, 0.5) is 0 Å². The van der Waals surface area contributed by atoms with Crippen LogP contribution in [-0.4, -0.2) is 27.1 Å². The smallest absolute Gasteiger partial charge is 0.171 e. The van der Waals surface area contributed by atoms with Crippen molar-refractivity contribution in [1.82, 2.24) is 5.32 Å². The summed E-state index contributed by atoms with van der Waals surface area (Å²) in [5.74, 6) is 1.11. The molecule has 0 spiro atoms. The van der Waals surface area contributed by atoms with Gasteiger partial charge in [-0.1, -0.05) is 15.9 Å². The zero-order valence-electron chi connectivity index (χ0n) is 11.4. The standard InChI is InChI=1S/C14H18BrNO3/c1-14(5-4-6-16-14)11-10(15)7-9(8-17)12(18-2)13(11)19-3/h7-8,16H,4-6H2,1-3H3. The molecule has 1 fully saturated rings. The van der Waals surface area contributed by atoms with E-state index in [0.29, 0.717) is 17.1 Å². The van der Waals surface area contributed by atoms with Gasteiger partial charge < -0.3 is 14.8 Å². The Labute approximate surface area is 121 Å². The van der Waals surface area contributed by atoms with Crippen molar-refractivity contribution in [3.8, 4) is 11.5 Å². The van der Waals surface area contributed by atoms with Gasteiger partial charge >= 0.3 is 0 Å². The summed E-state index contributed by atoms with van der Waals surface area (Å²) in [5, 5.41) is 3.50. The third-order valence-corrected chi connectivity index (χ3v) is 4.30. The minimum absolute atomic E-state index is 0.168. The van der Waals surface area contributed by atoms with Gasteiger partial charge in [0, 0.05) is 15.6 Å². The highest BCUT2D eigenvalue weighted by Crippen LogP contribution is 2.46. The topological polar surface area (TPSA) is 47.6 Å². The van der Waals surface area contributed by atoms with Crippen LogP contribution in [0.1, 0.15) is 35.7 Å². The minimum atomic E-state index is -0.168. The molecule has 104 valence electrons. The summed E-state index contributed by atoms with van der Waals surface area (Å²) in [5.41, 5.74) is 1.32. The molecule has 1 unspecified atom stereocenters. The molecular weight excluding hydrogens is 310 g/mol. The highest BCUT2D eigenvalue weighted by atomic mass is 79.9. The van der Waals surface area contributed by atoms with Crippen LogP contribution in [-0.2, 0) is 5.54 Å². The fourth-order valence-corrected chi connectivity index (χ4v) is 3.61. The molecule has 0 amide bonds. The zero-order chi connectivity index (χ0) is 14.0. The van der Waals surface area contributed by atoms with Gasteiger partial charge in [0.15, 0.2) is 17.8 Å². The van der Waals surface area contributed by atoms with Gasteiger partial charge in [-0.15, -0.1) is 0 Å². The van der Waals surface area contributed by atoms with E-state index in [-0.39, 0.29) is 5.54 Å². The van der Waals surface area contributed by atoms with Crippen molar-refractivity contribution in [1.29, 1.82) is 0 Å². The van der Waals surface area contributed by atoms with Gasteiger partial charge in [0.25, 0.3) is 0 Å². The second kappa shape index (κ2) is 5.51. The van der Waals surface area contributed by atoms with Crippen molar-refractivity contribution < 1.29 is 14.3 Å². The maximum Gasteiger partial charge on any atom is 0.171 e. The lowest BCUT2D eigenvalue weighted by atomic mass is 9.88. The molecule has 1 saturated heterocycles. The second-order valence-electron chi connectivity index (χ2n) is 4.87. The number of benzene rings is 1. The molecule has 4 nitrogen and oxygen atoms in total. The number of halogens is 1. The number of rotatable bonds is 4. The average molecular weight is 328 g/mol. The van der Waals surface area contributed by atoms with Crippen LogP contribution in [0.2, 0.25) is 0 Å². The molecule has 0 aliphatic carbocycles. The van der Waals surface area contributed by atoms with E-state index in [4.69, 9.17) is 9.47 Å². The van der Waals surface area contributed by atoms with E-state index in [1.165, 1.54) is 0 Å². The Morgan fingerprint density at radius 3 is 2.53 bits per heavy atom. The molecule has 19 heavy (non-hydrogen) atoms. The first kappa shape index (κ1) is 14.3. The number of methoxy groups -OCH3 is 2. The zero-order valence-corrected chi connectivity index (χ0v) is 13.0. The van der Waals surface area contributed by atoms with E-state index in [2.05, 4.69) is 28.2 Å². The summed E-state index contributed by atoms with van der Waals surface area (Å²) in [4.78, 5) is 11.1. The van der Waals surface area contributed by atoms with Crippen LogP contribution in [0.15, 0.2) is 10.5 Å². The Bertz CT molecular complexity index is 496. The Morgan fingerprint density at radius 1 is 1.37 bits per heavy atom. The second-order valence-corrected chi connectivity index (χ2v) is 5.72. The first-order valence-electron chi connectivity index (χ1n) is 6.22. The Hall–Kier alpha value is -1.07. The third kappa shape index (κ3) is 2.37. The number of aldehydes is 1. The van der Waals surface area contributed by atoms with Crippen LogP contribution < -0.4 is 14.8 Å². The van der Waals surface area contributed by atoms with Gasteiger partial charge in [-0.2, -0.15) is 0 Å². The Kier molecular flexibility index (Phi) is 4.16. The monoisotopic (exact) mass is 327 g/mol. The molecule has 1 aliphatic rings. The van der Waals surface area contributed by atoms with Gasteiger partial charge in [0.2, 0.25) is 0 Å². The highest BCUT2D eigenvalue weighted by molar-refractivity contribution is 9.10. The van der Waals surface area contributed by atoms with E-state index in [0.717, 1.165) is 35.7 Å². The Balaban J connectivity index is 2.69. The summed E-state index contributed by atoms with van der Waals surface area (Å²) in [6.45, 7) is 3.12. The number of carbonyl (C=O) groups excluding carboxylic acids is 1. The number of carbonyl (C=O) groups is 1. The molecule has 5 heteroatoms. The molecule has 0 radical (unpaired) electrons. The van der Waals surface area contributed by atoms with E-state index < -0.39 is 0 Å². The number of nitrogens with one attached hydrogen (secondary N) is 1. The SMILES string of the molecule is COc1c(C=O)cc(Br)c(C2(C)CCCN2)c1OC. The largest absolute Gasteiger partial charge is 0.492 e. The third-order valence-electron chi connectivity index (χ3n) is 3.67. The van der Waals surface area contributed by atoms with Gasteiger partial charge in [-0.05, 0) is 32.4 Å². The molecule has 0 saturated carbocycles. The van der Waals surface area contributed by atoms with Crippen molar-refractivity contribution in [2.75, 3.05) is 20.8 Å². The van der Waals surface area contributed by atoms with Gasteiger partial charge in [0.1, 0.15) is 0 Å². The lowest BCUT2D eigenvalue weighted by Crippen LogP contribution is -2.34. The molecule has 1 atom stereocenters. The Morgan fingerprint density at radius 2 is 2.05 bits per heavy atom. The fraction of sp³-hybridized carbons (Fsp3) is 0.500. The predicted octanol–water partition coefficient (Wildman–Crippen LogP) is 2.88. The van der Waals surface area contributed by atoms with E-state index >= 15 is 0 Å². The summed E-state index contributed by atoms with van der Waals surface area (Å²) in [6.07, 6.45) is 2.91. The molecule has 1 aliphatic heterocycles. The first-order valence-corrected chi connectivity index (χ1v) is 7.02. The van der Waals surface area contributed by atoms with Crippen LogP contribution in [0.3, 0.4) is 0 Å². The summed E-state index contributed by atoms with van der Waals surface area (Å²) in [6, 6.07) is 1.79. The fourth-order valence-electron chi connectivity index (χ4n) is 2.74. The van der Waals surface area contributed by atoms with Crippen LogP contribution in [0.5, 0.6) is 11.5 Å². The molecule has 2 rings (SSSR count). The molecular formula is C14H18BrNO3. The lowest BCUT2D eigenvalue weighted by Gasteiger charge is -2.29. The van der Waals surface area contributed by atoms with Crippen molar-refractivity contribution in [3.05, 3.63) is 21.7 Å². The molecule has 1 heterocycles. The summed E-state index contributed by atoms with van der Waals surface area (Å²) >= 11 is 3.55. The van der Waals surface area contributed by atoms with Crippen molar-refractivity contribution in [2.24, 2.45) is 0 Å². The predicted molar refractivity (Wildman–Crippen MR) is 77.2 cm³/mol. The van der Waals surface area contributed by atoms with E-state index in [1.54, 1.807) is 20.3 Å². The molecule has 0 aromatic heterocycles. The van der Waals surface area contributed by atoms with Crippen LogP contribution >= 0.6 is 15.9 Å². The number of hydrogen-bond donors (Lipinski definition) is 1. The first-order chi connectivity index (χ1) is 9.07. The highest BCUT2D eigenvalue weighted by Gasteiger charge is 2.36. The number of hydrogen-bond acceptors (Lipinski definition) is 4. The van der Waals surface area contributed by atoms with Crippen molar-refractivity contribution in [2.45, 2.75) is 25.3 Å². The molecule has 1 N–H and O–H groups in total.